The smallest absolute Gasteiger partial charge is 0.302 e. The molecule has 5 unspecified atom stereocenters. The first-order chi connectivity index (χ1) is 18.8. The molecule has 8 nitrogen and oxygen atoms in total. The summed E-state index contributed by atoms with van der Waals surface area (Å²) < 4.78 is 11.0. The van der Waals surface area contributed by atoms with E-state index in [4.69, 9.17) is 15.2 Å². The second-order valence-electron chi connectivity index (χ2n) is 12.2. The van der Waals surface area contributed by atoms with Crippen LogP contribution in [0.25, 0.3) is 0 Å². The summed E-state index contributed by atoms with van der Waals surface area (Å²) in [7, 11) is 1.64. The SMILES string of the molecule is CC[C@H](CC[C@H](CC(=O)CCC1CCC(O)C(OC)C1)OC(C)=O)CC1=C(CCC2CC[NH2+]C(N)C2)[CH+]N=C1. The maximum atomic E-state index is 12.8. The van der Waals surface area contributed by atoms with Gasteiger partial charge in [0.15, 0.2) is 6.21 Å². The van der Waals surface area contributed by atoms with Crippen molar-refractivity contribution in [2.45, 2.75) is 128 Å². The van der Waals surface area contributed by atoms with Crippen molar-refractivity contribution in [1.29, 1.82) is 0 Å². The molecular formula is C31H53N3O5+2. The van der Waals surface area contributed by atoms with Crippen LogP contribution < -0.4 is 11.1 Å². The fourth-order valence-corrected chi connectivity index (χ4v) is 6.61. The Morgan fingerprint density at radius 2 is 2.00 bits per heavy atom. The highest BCUT2D eigenvalue weighted by molar-refractivity contribution is 5.84. The minimum atomic E-state index is -0.406. The summed E-state index contributed by atoms with van der Waals surface area (Å²) in [6, 6.07) is 0. The molecule has 1 saturated carbocycles. The first kappa shape index (κ1) is 31.8. The standard InChI is InChI=1S/C31H52N3O5/c1-4-22(15-26-20-33-19-25(26)9-5-24-13-14-34-31(32)17-24)7-11-28(39-21(2)35)18-27(36)10-6-23-8-12-29(37)30(16-23)38-3/h19-20,22-24,28-31,34,37H,4-18,32H2,1-3H3/q+1/p+1/t22-,23?,24?,28-,29?,30?,31?/m1/s1. The van der Waals surface area contributed by atoms with E-state index in [-0.39, 0.29) is 36.5 Å². The number of nitrogens with zero attached hydrogens (tertiary/aromatic N) is 1. The van der Waals surface area contributed by atoms with Crippen LogP contribution in [0.2, 0.25) is 0 Å². The largest absolute Gasteiger partial charge is 0.462 e. The highest BCUT2D eigenvalue weighted by Gasteiger charge is 2.30. The van der Waals surface area contributed by atoms with E-state index in [0.717, 1.165) is 64.3 Å². The molecule has 0 amide bonds. The van der Waals surface area contributed by atoms with Crippen LogP contribution in [0.1, 0.15) is 104 Å². The number of piperidine rings is 1. The zero-order chi connectivity index (χ0) is 28.2. The number of carbonyl (C=O) groups excluding carboxylic acids is 2. The molecule has 0 aromatic carbocycles. The van der Waals surface area contributed by atoms with E-state index in [1.165, 1.54) is 30.9 Å². The Balaban J connectivity index is 1.45. The van der Waals surface area contributed by atoms with Gasteiger partial charge in [-0.05, 0) is 69.1 Å². The molecule has 8 heteroatoms. The van der Waals surface area contributed by atoms with Crippen LogP contribution in [-0.4, -0.2) is 61.2 Å². The molecule has 5 N–H and O–H groups in total. The molecule has 2 heterocycles. The van der Waals surface area contributed by atoms with Gasteiger partial charge in [0, 0.05) is 46.1 Å². The van der Waals surface area contributed by atoms with Gasteiger partial charge in [-0.1, -0.05) is 13.3 Å². The van der Waals surface area contributed by atoms with E-state index in [0.29, 0.717) is 30.6 Å². The number of esters is 1. The molecular weight excluding hydrogens is 494 g/mol. The summed E-state index contributed by atoms with van der Waals surface area (Å²) in [5.74, 6) is 1.37. The van der Waals surface area contributed by atoms with E-state index < -0.39 is 6.10 Å². The molecule has 2 aliphatic heterocycles. The topological polar surface area (TPSA) is 128 Å². The van der Waals surface area contributed by atoms with Crippen LogP contribution in [0, 0.1) is 24.3 Å². The summed E-state index contributed by atoms with van der Waals surface area (Å²) in [6.07, 6.45) is 13.5. The van der Waals surface area contributed by atoms with Gasteiger partial charge in [-0.2, -0.15) is 0 Å². The number of quaternary nitrogens is 1. The van der Waals surface area contributed by atoms with Gasteiger partial charge in [-0.25, -0.2) is 0 Å². The Kier molecular flexibility index (Phi) is 13.5. The van der Waals surface area contributed by atoms with Gasteiger partial charge in [0.1, 0.15) is 30.2 Å². The van der Waals surface area contributed by atoms with Crippen LogP contribution in [0.4, 0.5) is 0 Å². The van der Waals surface area contributed by atoms with E-state index in [9.17, 15) is 14.7 Å². The second-order valence-corrected chi connectivity index (χ2v) is 12.2. The van der Waals surface area contributed by atoms with Crippen LogP contribution in [-0.2, 0) is 19.1 Å². The highest BCUT2D eigenvalue weighted by Crippen LogP contribution is 2.32. The number of aliphatic imine (C=N–C) groups is 1. The zero-order valence-corrected chi connectivity index (χ0v) is 24.5. The minimum Gasteiger partial charge on any atom is -0.462 e. The molecule has 3 aliphatic rings. The van der Waals surface area contributed by atoms with Gasteiger partial charge in [-0.15, -0.1) is 4.99 Å². The number of hydrogen-bond donors (Lipinski definition) is 3. The third-order valence-electron chi connectivity index (χ3n) is 9.12. The number of aliphatic hydroxyl groups is 1. The highest BCUT2D eigenvalue weighted by atomic mass is 16.5. The van der Waals surface area contributed by atoms with Gasteiger partial charge < -0.3 is 19.9 Å². The first-order valence-electron chi connectivity index (χ1n) is 15.3. The average Bonchev–Trinajstić information content (AvgIpc) is 3.35. The van der Waals surface area contributed by atoms with Crippen LogP contribution in [0.15, 0.2) is 16.1 Å². The second kappa shape index (κ2) is 16.5. The van der Waals surface area contributed by atoms with Gasteiger partial charge in [0.05, 0.1) is 24.3 Å². The Morgan fingerprint density at radius 1 is 1.21 bits per heavy atom. The molecule has 0 bridgehead atoms. The van der Waals surface area contributed by atoms with Crippen LogP contribution in [0.5, 0.6) is 0 Å². The number of ether oxygens (including phenoxy) is 2. The Morgan fingerprint density at radius 3 is 2.72 bits per heavy atom. The average molecular weight is 548 g/mol. The lowest BCUT2D eigenvalue weighted by atomic mass is 9.82. The third-order valence-corrected chi connectivity index (χ3v) is 9.12. The summed E-state index contributed by atoms with van der Waals surface area (Å²) in [6.45, 7) is 6.78. The monoisotopic (exact) mass is 547 g/mol. The minimum absolute atomic E-state index is 0.138. The molecule has 39 heavy (non-hydrogen) atoms. The Labute approximate surface area is 235 Å². The van der Waals surface area contributed by atoms with Crippen LogP contribution in [0.3, 0.4) is 0 Å². The van der Waals surface area contributed by atoms with E-state index in [1.807, 2.05) is 12.8 Å². The lowest BCUT2D eigenvalue weighted by molar-refractivity contribution is -0.699. The fraction of sp³-hybridized carbons (Fsp3) is 0.806. The van der Waals surface area contributed by atoms with Gasteiger partial charge in [0.25, 0.3) is 0 Å². The Hall–Kier alpha value is -1.74. The quantitative estimate of drug-likeness (QED) is 0.200. The lowest BCUT2D eigenvalue weighted by Gasteiger charge is -2.32. The molecule has 0 radical (unpaired) electrons. The number of carbonyl (C=O) groups is 2. The number of nitrogens with two attached hydrogens (primary N) is 2. The number of Topliss-reactive ketones (excluding diaryl/α,β-unsaturated/α-hetero) is 1. The van der Waals surface area contributed by atoms with Crippen molar-refractivity contribution in [3.63, 3.8) is 0 Å². The lowest BCUT2D eigenvalue weighted by Crippen LogP contribution is -2.94. The first-order valence-corrected chi connectivity index (χ1v) is 15.3. The molecule has 3 rings (SSSR count). The van der Waals surface area contributed by atoms with E-state index in [1.54, 1.807) is 7.11 Å². The Bertz CT molecular complexity index is 844. The van der Waals surface area contributed by atoms with Crippen LogP contribution >= 0.6 is 0 Å². The molecule has 220 valence electrons. The van der Waals surface area contributed by atoms with Crippen molar-refractivity contribution in [3.05, 3.63) is 17.7 Å². The van der Waals surface area contributed by atoms with Crippen molar-refractivity contribution in [2.24, 2.45) is 28.5 Å². The molecule has 0 aromatic heterocycles. The van der Waals surface area contributed by atoms with E-state index in [2.05, 4.69) is 17.2 Å². The molecule has 0 aromatic rings. The molecule has 1 aliphatic carbocycles. The maximum absolute atomic E-state index is 12.8. The molecule has 0 spiro atoms. The number of ketones is 1. The predicted octanol–water partition coefficient (Wildman–Crippen LogP) is 3.61. The van der Waals surface area contributed by atoms with Gasteiger partial charge in [-0.3, -0.25) is 15.3 Å². The molecule has 1 saturated heterocycles. The normalized spacial score (nSPS) is 28.7. The van der Waals surface area contributed by atoms with E-state index >= 15 is 0 Å². The number of aliphatic hydroxyl groups excluding tert-OH is 1. The summed E-state index contributed by atoms with van der Waals surface area (Å²) >= 11 is 0. The number of hydrogen-bond acceptors (Lipinski definition) is 7. The predicted molar refractivity (Wildman–Crippen MR) is 153 cm³/mol. The van der Waals surface area contributed by atoms with Crippen molar-refractivity contribution >= 4 is 18.0 Å². The third kappa shape index (κ3) is 11.0. The zero-order valence-electron chi connectivity index (χ0n) is 24.5. The number of methoxy groups -OCH3 is 1. The number of rotatable bonds is 16. The fourth-order valence-electron chi connectivity index (χ4n) is 6.61. The van der Waals surface area contributed by atoms with Crippen molar-refractivity contribution < 1.29 is 29.5 Å². The van der Waals surface area contributed by atoms with Crippen molar-refractivity contribution in [3.8, 4) is 0 Å². The summed E-state index contributed by atoms with van der Waals surface area (Å²) in [4.78, 5) is 29.1. The van der Waals surface area contributed by atoms with Crippen molar-refractivity contribution in [1.82, 2.24) is 0 Å². The molecule has 2 fully saturated rings. The summed E-state index contributed by atoms with van der Waals surface area (Å²) in [5.41, 5.74) is 8.83. The number of allylic oxidation sites excluding steroid dienone is 1. The van der Waals surface area contributed by atoms with Gasteiger partial charge >= 0.3 is 5.97 Å². The van der Waals surface area contributed by atoms with Crippen molar-refractivity contribution in [2.75, 3.05) is 13.7 Å². The molecule has 7 atom stereocenters. The maximum Gasteiger partial charge on any atom is 0.302 e. The van der Waals surface area contributed by atoms with Gasteiger partial charge in [0.2, 0.25) is 0 Å². The summed E-state index contributed by atoms with van der Waals surface area (Å²) in [5, 5.41) is 12.3.